The van der Waals surface area contributed by atoms with Crippen LogP contribution in [0.15, 0.2) is 83.8 Å². The molecule has 4 aromatic carbocycles. The monoisotopic (exact) mass is 561 g/mol. The van der Waals surface area contributed by atoms with E-state index in [0.29, 0.717) is 22.8 Å². The highest BCUT2D eigenvalue weighted by Gasteiger charge is 2.51. The van der Waals surface area contributed by atoms with E-state index >= 15 is 0 Å². The molecular formula is C29H24ClN3O5S. The maximum absolute atomic E-state index is 11.8. The summed E-state index contributed by atoms with van der Waals surface area (Å²) in [7, 11) is 1.50. The summed E-state index contributed by atoms with van der Waals surface area (Å²) in [6.45, 7) is 0. The predicted octanol–water partition coefficient (Wildman–Crippen LogP) is 7.70. The molecule has 5 atom stereocenters. The summed E-state index contributed by atoms with van der Waals surface area (Å²) in [5.74, 6) is 0.139. The molecule has 0 aromatic heterocycles. The van der Waals surface area contributed by atoms with Crippen LogP contribution in [0.1, 0.15) is 29.5 Å². The van der Waals surface area contributed by atoms with Crippen molar-refractivity contribution < 1.29 is 14.6 Å². The number of nitrogens with one attached hydrogen (secondary N) is 1. The van der Waals surface area contributed by atoms with Crippen LogP contribution in [0, 0.1) is 26.1 Å². The fourth-order valence-electron chi connectivity index (χ4n) is 6.14. The summed E-state index contributed by atoms with van der Waals surface area (Å²) in [5.41, 5.74) is 2.53. The molecule has 10 heteroatoms. The van der Waals surface area contributed by atoms with Crippen molar-refractivity contribution in [3.63, 3.8) is 0 Å². The number of hydrogen-bond donors (Lipinski definition) is 1. The molecule has 5 unspecified atom stereocenters. The van der Waals surface area contributed by atoms with E-state index in [1.807, 2.05) is 18.2 Å². The minimum absolute atomic E-state index is 0.0159. The van der Waals surface area contributed by atoms with Crippen LogP contribution in [0.5, 0.6) is 5.75 Å². The van der Waals surface area contributed by atoms with Crippen LogP contribution in [-0.4, -0.2) is 27.6 Å². The van der Waals surface area contributed by atoms with Gasteiger partial charge in [0.15, 0.2) is 0 Å². The number of nitro benzene ring substituents is 2. The number of rotatable bonds is 6. The average molecular weight is 562 g/mol. The maximum Gasteiger partial charge on any atom is 0.282 e. The van der Waals surface area contributed by atoms with E-state index in [2.05, 4.69) is 29.6 Å². The summed E-state index contributed by atoms with van der Waals surface area (Å²) in [6.07, 6.45) is 0.668. The Kier molecular flexibility index (Phi) is 6.56. The van der Waals surface area contributed by atoms with Gasteiger partial charge in [-0.1, -0.05) is 54.6 Å². The van der Waals surface area contributed by atoms with Crippen molar-refractivity contribution >= 4 is 51.2 Å². The molecule has 0 saturated heterocycles. The Morgan fingerprint density at radius 1 is 0.949 bits per heavy atom. The molecule has 0 bridgehead atoms. The third-order valence-corrected chi connectivity index (χ3v) is 9.91. The molecule has 8 nitrogen and oxygen atoms in total. The van der Waals surface area contributed by atoms with Gasteiger partial charge in [-0.05, 0) is 40.3 Å². The number of fused-ring (bicyclic) bond motifs is 4. The summed E-state index contributed by atoms with van der Waals surface area (Å²) in [4.78, 5) is 23.2. The highest BCUT2D eigenvalue weighted by Crippen LogP contribution is 2.60. The molecule has 1 aliphatic carbocycles. The van der Waals surface area contributed by atoms with Crippen molar-refractivity contribution in [1.82, 2.24) is 0 Å². The van der Waals surface area contributed by atoms with Gasteiger partial charge in [-0.15, -0.1) is 23.4 Å². The molecule has 4 aromatic rings. The van der Waals surface area contributed by atoms with Crippen molar-refractivity contribution in [2.75, 3.05) is 12.4 Å². The van der Waals surface area contributed by atoms with Crippen LogP contribution >= 0.6 is 23.4 Å². The molecule has 39 heavy (non-hydrogen) atoms. The third-order valence-electron chi connectivity index (χ3n) is 7.80. The molecule has 1 saturated carbocycles. The Morgan fingerprint density at radius 2 is 1.69 bits per heavy atom. The molecule has 198 valence electrons. The van der Waals surface area contributed by atoms with E-state index in [-0.39, 0.29) is 39.4 Å². The van der Waals surface area contributed by atoms with Gasteiger partial charge in [-0.3, -0.25) is 20.2 Å². The number of ether oxygens (including phenoxy) is 1. The minimum atomic E-state index is -0.426. The molecule has 0 radical (unpaired) electrons. The van der Waals surface area contributed by atoms with E-state index in [1.54, 1.807) is 24.3 Å². The Bertz CT molecular complexity index is 1610. The zero-order valence-corrected chi connectivity index (χ0v) is 22.4. The molecule has 6 rings (SSSR count). The van der Waals surface area contributed by atoms with Gasteiger partial charge in [0.1, 0.15) is 5.75 Å². The molecular weight excluding hydrogens is 538 g/mol. The van der Waals surface area contributed by atoms with Gasteiger partial charge < -0.3 is 10.1 Å². The quantitative estimate of drug-likeness (QED) is 0.146. The lowest BCUT2D eigenvalue weighted by molar-refractivity contribution is -0.387. The van der Waals surface area contributed by atoms with Crippen LogP contribution in [0.4, 0.5) is 17.1 Å². The average Bonchev–Trinajstić information content (AvgIpc) is 3.27. The minimum Gasteiger partial charge on any atom is -0.494 e. The van der Waals surface area contributed by atoms with Crippen molar-refractivity contribution in [3.05, 3.63) is 110 Å². The number of non-ortho nitro benzene ring substituents is 1. The van der Waals surface area contributed by atoms with Gasteiger partial charge in [0.05, 0.1) is 45.0 Å². The number of halogens is 1. The van der Waals surface area contributed by atoms with Crippen molar-refractivity contribution in [2.24, 2.45) is 5.92 Å². The Labute approximate surface area is 233 Å². The number of thioether (sulfide) groups is 1. The molecule has 0 amide bonds. The number of para-hydroxylation sites is 1. The SMILES string of the molecule is COc1cc([N+](=O)[O-])cc2c1NC(c1cccc3ccccc13)C1CC(Sc3ccccc3[N+](=O)[O-])C(Cl)C21. The van der Waals surface area contributed by atoms with Crippen LogP contribution in [-0.2, 0) is 0 Å². The number of alkyl halides is 1. The second-order valence-corrected chi connectivity index (χ2v) is 11.6. The lowest BCUT2D eigenvalue weighted by Crippen LogP contribution is -2.31. The topological polar surface area (TPSA) is 108 Å². The fourth-order valence-corrected chi connectivity index (χ4v) is 8.08. The molecule has 2 aliphatic rings. The zero-order valence-electron chi connectivity index (χ0n) is 20.8. The largest absolute Gasteiger partial charge is 0.494 e. The van der Waals surface area contributed by atoms with Gasteiger partial charge in [0, 0.05) is 23.3 Å². The van der Waals surface area contributed by atoms with Gasteiger partial charge in [-0.2, -0.15) is 0 Å². The van der Waals surface area contributed by atoms with Crippen LogP contribution in [0.2, 0.25) is 0 Å². The predicted molar refractivity (Wildman–Crippen MR) is 153 cm³/mol. The molecule has 1 heterocycles. The first-order valence-corrected chi connectivity index (χ1v) is 13.8. The standard InChI is InChI=1S/C29H24ClN3O5S/c1-38-23-14-17(32(34)35)13-20-26-21(15-25(27(26)30)39-24-12-5-4-11-22(24)33(36)37)28(31-29(20)23)19-10-6-8-16-7-2-3-9-18(16)19/h2-14,21,25-28,31H,15H2,1H3. The lowest BCUT2D eigenvalue weighted by atomic mass is 9.76. The number of nitrogens with zero attached hydrogens (tertiary/aromatic N) is 2. The van der Waals surface area contributed by atoms with Crippen LogP contribution in [0.3, 0.4) is 0 Å². The summed E-state index contributed by atoms with van der Waals surface area (Å²) >= 11 is 8.64. The van der Waals surface area contributed by atoms with Gasteiger partial charge in [-0.25, -0.2) is 0 Å². The smallest absolute Gasteiger partial charge is 0.282 e. The number of benzene rings is 4. The normalized spacial score (nSPS) is 23.5. The van der Waals surface area contributed by atoms with Crippen LogP contribution < -0.4 is 10.1 Å². The number of nitro groups is 2. The van der Waals surface area contributed by atoms with E-state index in [1.165, 1.54) is 31.0 Å². The third kappa shape index (κ3) is 4.35. The Balaban J connectivity index is 1.50. The van der Waals surface area contributed by atoms with E-state index in [0.717, 1.165) is 21.9 Å². The van der Waals surface area contributed by atoms with E-state index < -0.39 is 10.3 Å². The summed E-state index contributed by atoms with van der Waals surface area (Å²) < 4.78 is 5.63. The molecule has 0 spiro atoms. The second kappa shape index (κ2) is 10.1. The first kappa shape index (κ1) is 25.5. The van der Waals surface area contributed by atoms with Crippen molar-refractivity contribution in [2.45, 2.75) is 33.9 Å². The first-order chi connectivity index (χ1) is 18.9. The summed E-state index contributed by atoms with van der Waals surface area (Å²) in [6, 6.07) is 23.9. The molecule has 1 aliphatic heterocycles. The van der Waals surface area contributed by atoms with Crippen molar-refractivity contribution in [1.29, 1.82) is 0 Å². The Hall–Kier alpha value is -3.82. The van der Waals surface area contributed by atoms with E-state index in [4.69, 9.17) is 16.3 Å². The highest BCUT2D eigenvalue weighted by atomic mass is 35.5. The fraction of sp³-hybridized carbons (Fsp3) is 0.241. The van der Waals surface area contributed by atoms with Gasteiger partial charge in [0.2, 0.25) is 0 Å². The van der Waals surface area contributed by atoms with Gasteiger partial charge in [0.25, 0.3) is 11.4 Å². The van der Waals surface area contributed by atoms with Gasteiger partial charge >= 0.3 is 0 Å². The number of methoxy groups -OCH3 is 1. The van der Waals surface area contributed by atoms with Crippen molar-refractivity contribution in [3.8, 4) is 5.75 Å². The van der Waals surface area contributed by atoms with Crippen LogP contribution in [0.25, 0.3) is 10.8 Å². The first-order valence-electron chi connectivity index (χ1n) is 12.5. The number of anilines is 1. The zero-order chi connectivity index (χ0) is 27.3. The molecule has 1 fully saturated rings. The second-order valence-electron chi connectivity index (χ2n) is 9.81. The maximum atomic E-state index is 11.8. The summed E-state index contributed by atoms with van der Waals surface area (Å²) in [5, 5.41) is 28.8. The molecule has 1 N–H and O–H groups in total. The lowest BCUT2D eigenvalue weighted by Gasteiger charge is -2.39. The Morgan fingerprint density at radius 3 is 2.46 bits per heavy atom. The number of hydrogen-bond acceptors (Lipinski definition) is 7. The highest BCUT2D eigenvalue weighted by molar-refractivity contribution is 8.00. The van der Waals surface area contributed by atoms with E-state index in [9.17, 15) is 20.2 Å².